The van der Waals surface area contributed by atoms with Crippen molar-refractivity contribution in [2.24, 2.45) is 0 Å². The van der Waals surface area contributed by atoms with Crippen LogP contribution >= 0.6 is 0 Å². The molecule has 0 aliphatic carbocycles. The van der Waals surface area contributed by atoms with Gasteiger partial charge in [-0.15, -0.1) is 6.58 Å². The molecular weight excluding hydrogens is 180 g/mol. The molecule has 0 saturated heterocycles. The first-order chi connectivity index (χ1) is 6.61. The lowest BCUT2D eigenvalue weighted by Gasteiger charge is -2.22. The van der Waals surface area contributed by atoms with Crippen molar-refractivity contribution >= 4 is 6.03 Å². The van der Waals surface area contributed by atoms with Crippen LogP contribution in [0.25, 0.3) is 0 Å². The van der Waals surface area contributed by atoms with Crippen molar-refractivity contribution in [3.8, 4) is 0 Å². The summed E-state index contributed by atoms with van der Waals surface area (Å²) in [6.07, 6.45) is 1.70. The minimum Gasteiger partial charge on any atom is -0.383 e. The number of ether oxygens (including phenoxy) is 1. The lowest BCUT2D eigenvalue weighted by Crippen LogP contribution is -2.44. The first-order valence-electron chi connectivity index (χ1n) is 4.77. The fourth-order valence-corrected chi connectivity index (χ4v) is 0.971. The topological polar surface area (TPSA) is 41.6 Å². The number of urea groups is 1. The molecule has 0 aromatic carbocycles. The molecule has 1 N–H and O–H groups in total. The van der Waals surface area contributed by atoms with Gasteiger partial charge in [-0.25, -0.2) is 4.79 Å². The van der Waals surface area contributed by atoms with E-state index >= 15 is 0 Å². The molecule has 0 aromatic heterocycles. The Hall–Kier alpha value is -1.03. The minimum atomic E-state index is -0.0723. The normalized spacial score (nSPS) is 10.0. The summed E-state index contributed by atoms with van der Waals surface area (Å²) in [6.45, 7) is 9.14. The summed E-state index contributed by atoms with van der Waals surface area (Å²) in [5.74, 6) is 0. The van der Waals surface area contributed by atoms with E-state index in [9.17, 15) is 4.79 Å². The van der Waals surface area contributed by atoms with Crippen LogP contribution in [-0.2, 0) is 4.74 Å². The number of hydrogen-bond acceptors (Lipinski definition) is 2. The van der Waals surface area contributed by atoms with Gasteiger partial charge in [0, 0.05) is 26.2 Å². The van der Waals surface area contributed by atoms with E-state index in [0.717, 1.165) is 0 Å². The van der Waals surface area contributed by atoms with Gasteiger partial charge in [0.1, 0.15) is 0 Å². The molecule has 0 aliphatic heterocycles. The molecule has 2 amide bonds. The summed E-state index contributed by atoms with van der Waals surface area (Å²) in [7, 11) is 1.62. The second kappa shape index (κ2) is 7.38. The van der Waals surface area contributed by atoms with E-state index < -0.39 is 0 Å². The molecule has 0 radical (unpaired) electrons. The van der Waals surface area contributed by atoms with Crippen molar-refractivity contribution in [1.82, 2.24) is 10.2 Å². The predicted octanol–water partition coefficient (Wildman–Crippen LogP) is 1.24. The summed E-state index contributed by atoms with van der Waals surface area (Å²) in [5.41, 5.74) is 0. The highest BCUT2D eigenvalue weighted by atomic mass is 16.5. The average molecular weight is 200 g/mol. The molecule has 4 nitrogen and oxygen atoms in total. The molecule has 0 fully saturated rings. The average Bonchev–Trinajstić information content (AvgIpc) is 2.10. The third-order valence-corrected chi connectivity index (χ3v) is 1.61. The Labute approximate surface area is 85.9 Å². The zero-order valence-corrected chi connectivity index (χ0v) is 9.25. The van der Waals surface area contributed by atoms with Crippen molar-refractivity contribution in [2.75, 3.05) is 26.8 Å². The van der Waals surface area contributed by atoms with Crippen LogP contribution in [-0.4, -0.2) is 43.8 Å². The molecule has 0 aliphatic rings. The van der Waals surface area contributed by atoms with Gasteiger partial charge in [-0.3, -0.25) is 0 Å². The van der Waals surface area contributed by atoms with E-state index in [2.05, 4.69) is 11.9 Å². The number of methoxy groups -OCH3 is 1. The van der Waals surface area contributed by atoms with Gasteiger partial charge in [-0.05, 0) is 13.8 Å². The highest BCUT2D eigenvalue weighted by Gasteiger charge is 2.11. The second-order valence-electron chi connectivity index (χ2n) is 3.33. The second-order valence-corrected chi connectivity index (χ2v) is 3.33. The molecule has 0 heterocycles. The van der Waals surface area contributed by atoms with Crippen molar-refractivity contribution < 1.29 is 9.53 Å². The van der Waals surface area contributed by atoms with Crippen LogP contribution in [0.4, 0.5) is 4.79 Å². The predicted molar refractivity (Wildman–Crippen MR) is 57.3 cm³/mol. The van der Waals surface area contributed by atoms with Crippen LogP contribution in [0.15, 0.2) is 12.7 Å². The lowest BCUT2D eigenvalue weighted by molar-refractivity contribution is 0.153. The summed E-state index contributed by atoms with van der Waals surface area (Å²) in [4.78, 5) is 13.2. The van der Waals surface area contributed by atoms with Crippen molar-refractivity contribution in [2.45, 2.75) is 19.9 Å². The third-order valence-electron chi connectivity index (χ3n) is 1.61. The molecule has 0 unspecified atom stereocenters. The monoisotopic (exact) mass is 200 g/mol. The molecule has 0 aromatic rings. The van der Waals surface area contributed by atoms with Gasteiger partial charge in [0.25, 0.3) is 0 Å². The Bertz CT molecular complexity index is 181. The van der Waals surface area contributed by atoms with Crippen LogP contribution in [0.2, 0.25) is 0 Å². The minimum absolute atomic E-state index is 0.0723. The molecule has 0 bridgehead atoms. The van der Waals surface area contributed by atoms with Gasteiger partial charge >= 0.3 is 6.03 Å². The summed E-state index contributed by atoms with van der Waals surface area (Å²) in [6, 6.07) is 0.0781. The zero-order chi connectivity index (χ0) is 11.0. The summed E-state index contributed by atoms with van der Waals surface area (Å²) >= 11 is 0. The molecule has 14 heavy (non-hydrogen) atoms. The lowest BCUT2D eigenvalue weighted by atomic mass is 10.4. The molecule has 0 spiro atoms. The smallest absolute Gasteiger partial charge is 0.317 e. The van der Waals surface area contributed by atoms with Gasteiger partial charge < -0.3 is 15.0 Å². The third kappa shape index (κ3) is 5.59. The highest BCUT2D eigenvalue weighted by Crippen LogP contribution is 1.92. The Balaban J connectivity index is 4.03. The number of carbonyl (C=O) groups is 1. The van der Waals surface area contributed by atoms with E-state index in [1.165, 1.54) is 0 Å². The number of nitrogens with zero attached hydrogens (tertiary/aromatic N) is 1. The summed E-state index contributed by atoms with van der Waals surface area (Å²) in [5, 5.41) is 2.82. The van der Waals surface area contributed by atoms with Gasteiger partial charge in [0.05, 0.1) is 6.61 Å². The van der Waals surface area contributed by atoms with Crippen LogP contribution < -0.4 is 5.32 Å². The van der Waals surface area contributed by atoms with Gasteiger partial charge in [-0.2, -0.15) is 0 Å². The molecule has 0 rings (SSSR count). The Morgan fingerprint density at radius 1 is 1.64 bits per heavy atom. The quantitative estimate of drug-likeness (QED) is 0.655. The maximum atomic E-state index is 11.6. The van der Waals surface area contributed by atoms with E-state index in [1.54, 1.807) is 18.1 Å². The highest BCUT2D eigenvalue weighted by molar-refractivity contribution is 5.74. The number of carbonyl (C=O) groups excluding carboxylic acids is 1. The number of rotatable bonds is 6. The van der Waals surface area contributed by atoms with Crippen LogP contribution in [0, 0.1) is 0 Å². The van der Waals surface area contributed by atoms with E-state index in [-0.39, 0.29) is 12.1 Å². The standard InChI is InChI=1S/C10H20N2O2/c1-5-6-12(7-8-14-4)10(13)11-9(2)3/h5,9H,1,6-8H2,2-4H3,(H,11,13). The van der Waals surface area contributed by atoms with E-state index in [0.29, 0.717) is 19.7 Å². The van der Waals surface area contributed by atoms with Crippen LogP contribution in [0.3, 0.4) is 0 Å². The first-order valence-corrected chi connectivity index (χ1v) is 4.77. The van der Waals surface area contributed by atoms with Gasteiger partial charge in [0.2, 0.25) is 0 Å². The fraction of sp³-hybridized carbons (Fsp3) is 0.700. The molecular formula is C10H20N2O2. The van der Waals surface area contributed by atoms with E-state index in [4.69, 9.17) is 4.74 Å². The number of nitrogens with one attached hydrogen (secondary N) is 1. The Morgan fingerprint density at radius 2 is 2.29 bits per heavy atom. The van der Waals surface area contributed by atoms with Gasteiger partial charge in [-0.1, -0.05) is 6.08 Å². The van der Waals surface area contributed by atoms with Crippen molar-refractivity contribution in [1.29, 1.82) is 0 Å². The maximum absolute atomic E-state index is 11.6. The molecule has 0 saturated carbocycles. The maximum Gasteiger partial charge on any atom is 0.317 e. The Morgan fingerprint density at radius 3 is 2.71 bits per heavy atom. The fourth-order valence-electron chi connectivity index (χ4n) is 0.971. The summed E-state index contributed by atoms with van der Waals surface area (Å²) < 4.78 is 4.92. The number of hydrogen-bond donors (Lipinski definition) is 1. The largest absolute Gasteiger partial charge is 0.383 e. The SMILES string of the molecule is C=CCN(CCOC)C(=O)NC(C)C. The van der Waals surface area contributed by atoms with Crippen molar-refractivity contribution in [3.63, 3.8) is 0 Å². The van der Waals surface area contributed by atoms with Crippen LogP contribution in [0.1, 0.15) is 13.8 Å². The number of amides is 2. The first kappa shape index (κ1) is 13.0. The molecule has 0 atom stereocenters. The van der Waals surface area contributed by atoms with E-state index in [1.807, 2.05) is 13.8 Å². The molecule has 4 heteroatoms. The zero-order valence-electron chi connectivity index (χ0n) is 9.25. The van der Waals surface area contributed by atoms with Crippen molar-refractivity contribution in [3.05, 3.63) is 12.7 Å². The Kier molecular flexibility index (Phi) is 6.84. The van der Waals surface area contributed by atoms with Crippen LogP contribution in [0.5, 0.6) is 0 Å². The molecule has 82 valence electrons. The van der Waals surface area contributed by atoms with Gasteiger partial charge in [0.15, 0.2) is 0 Å².